The SMILES string of the molecule is Cc1[nH]c(CCC#N)nc1-c1ccc2c(c1)OCCO2. The number of aryl methyl sites for hydroxylation is 2. The van der Waals surface area contributed by atoms with Crippen LogP contribution in [-0.4, -0.2) is 23.2 Å². The summed E-state index contributed by atoms with van der Waals surface area (Å²) in [4.78, 5) is 7.79. The summed E-state index contributed by atoms with van der Waals surface area (Å²) in [5.41, 5.74) is 2.88. The molecule has 2 heterocycles. The van der Waals surface area contributed by atoms with Crippen molar-refractivity contribution in [2.24, 2.45) is 0 Å². The number of H-pyrrole nitrogens is 1. The van der Waals surface area contributed by atoms with E-state index in [0.717, 1.165) is 34.3 Å². The molecule has 5 heteroatoms. The lowest BCUT2D eigenvalue weighted by atomic mass is 10.1. The maximum Gasteiger partial charge on any atom is 0.162 e. The van der Waals surface area contributed by atoms with Crippen molar-refractivity contribution in [1.29, 1.82) is 5.26 Å². The van der Waals surface area contributed by atoms with E-state index in [4.69, 9.17) is 14.7 Å². The van der Waals surface area contributed by atoms with Gasteiger partial charge in [-0.15, -0.1) is 0 Å². The van der Waals surface area contributed by atoms with E-state index in [1.807, 2.05) is 25.1 Å². The van der Waals surface area contributed by atoms with E-state index < -0.39 is 0 Å². The molecule has 5 nitrogen and oxygen atoms in total. The van der Waals surface area contributed by atoms with Gasteiger partial charge >= 0.3 is 0 Å². The number of hydrogen-bond donors (Lipinski definition) is 1. The lowest BCUT2D eigenvalue weighted by Crippen LogP contribution is -2.15. The topological polar surface area (TPSA) is 70.9 Å². The zero-order valence-corrected chi connectivity index (χ0v) is 11.3. The summed E-state index contributed by atoms with van der Waals surface area (Å²) < 4.78 is 11.1. The molecule has 102 valence electrons. The Balaban J connectivity index is 1.92. The smallest absolute Gasteiger partial charge is 0.162 e. The van der Waals surface area contributed by atoms with Crippen molar-refractivity contribution in [3.05, 3.63) is 29.7 Å². The van der Waals surface area contributed by atoms with E-state index in [0.29, 0.717) is 26.1 Å². The molecule has 0 atom stereocenters. The maximum atomic E-state index is 8.63. The van der Waals surface area contributed by atoms with E-state index in [9.17, 15) is 0 Å². The monoisotopic (exact) mass is 269 g/mol. The van der Waals surface area contributed by atoms with Gasteiger partial charge in [-0.3, -0.25) is 0 Å². The molecule has 0 radical (unpaired) electrons. The molecule has 1 aliphatic heterocycles. The van der Waals surface area contributed by atoms with Crippen molar-refractivity contribution in [3.8, 4) is 28.8 Å². The van der Waals surface area contributed by atoms with Crippen LogP contribution in [0.25, 0.3) is 11.3 Å². The first-order valence-electron chi connectivity index (χ1n) is 6.60. The fourth-order valence-electron chi connectivity index (χ4n) is 2.29. The predicted octanol–water partition coefficient (Wildman–Crippen LogP) is 2.61. The van der Waals surface area contributed by atoms with Crippen LogP contribution in [-0.2, 0) is 6.42 Å². The fourth-order valence-corrected chi connectivity index (χ4v) is 2.29. The Morgan fingerprint density at radius 3 is 2.90 bits per heavy atom. The number of benzene rings is 1. The highest BCUT2D eigenvalue weighted by Gasteiger charge is 2.15. The molecule has 0 spiro atoms. The molecular formula is C15H15N3O2. The van der Waals surface area contributed by atoms with Gasteiger partial charge < -0.3 is 14.5 Å². The number of nitrogens with zero attached hydrogens (tertiary/aromatic N) is 2. The molecule has 3 rings (SSSR count). The number of ether oxygens (including phenoxy) is 2. The third-order valence-electron chi connectivity index (χ3n) is 3.22. The number of aromatic amines is 1. The molecule has 1 N–H and O–H groups in total. The summed E-state index contributed by atoms with van der Waals surface area (Å²) in [6, 6.07) is 7.97. The van der Waals surface area contributed by atoms with Crippen molar-refractivity contribution in [1.82, 2.24) is 9.97 Å². The van der Waals surface area contributed by atoms with E-state index in [1.165, 1.54) is 0 Å². The molecule has 0 saturated carbocycles. The van der Waals surface area contributed by atoms with Gasteiger partial charge in [-0.2, -0.15) is 5.26 Å². The lowest BCUT2D eigenvalue weighted by molar-refractivity contribution is 0.171. The molecule has 0 amide bonds. The fraction of sp³-hybridized carbons (Fsp3) is 0.333. The number of rotatable bonds is 3. The van der Waals surface area contributed by atoms with E-state index in [2.05, 4.69) is 16.0 Å². The van der Waals surface area contributed by atoms with Gasteiger partial charge in [0.15, 0.2) is 11.5 Å². The first-order valence-corrected chi connectivity index (χ1v) is 6.60. The van der Waals surface area contributed by atoms with Crippen LogP contribution in [0.2, 0.25) is 0 Å². The normalized spacial score (nSPS) is 13.0. The van der Waals surface area contributed by atoms with Crippen molar-refractivity contribution in [2.45, 2.75) is 19.8 Å². The Bertz CT molecular complexity index is 670. The zero-order chi connectivity index (χ0) is 13.9. The van der Waals surface area contributed by atoms with Gasteiger partial charge in [-0.25, -0.2) is 4.98 Å². The second-order valence-corrected chi connectivity index (χ2v) is 4.67. The summed E-state index contributed by atoms with van der Waals surface area (Å²) in [7, 11) is 0. The van der Waals surface area contributed by atoms with Gasteiger partial charge in [0.25, 0.3) is 0 Å². The highest BCUT2D eigenvalue weighted by atomic mass is 16.6. The number of nitrogens with one attached hydrogen (secondary N) is 1. The van der Waals surface area contributed by atoms with Crippen LogP contribution in [0, 0.1) is 18.3 Å². The molecule has 1 aromatic heterocycles. The Morgan fingerprint density at radius 2 is 2.10 bits per heavy atom. The van der Waals surface area contributed by atoms with Crippen LogP contribution in [0.15, 0.2) is 18.2 Å². The standard InChI is InChI=1S/C15H15N3O2/c1-10-15(18-14(17-10)3-2-6-16)11-4-5-12-13(9-11)20-8-7-19-12/h4-5,9H,2-3,7-8H2,1H3,(H,17,18). The molecule has 0 unspecified atom stereocenters. The van der Waals surface area contributed by atoms with Gasteiger partial charge in [0.1, 0.15) is 19.0 Å². The third kappa shape index (κ3) is 2.32. The van der Waals surface area contributed by atoms with E-state index in [-0.39, 0.29) is 0 Å². The Morgan fingerprint density at radius 1 is 1.30 bits per heavy atom. The van der Waals surface area contributed by atoms with Crippen molar-refractivity contribution < 1.29 is 9.47 Å². The average Bonchev–Trinajstić information content (AvgIpc) is 2.85. The van der Waals surface area contributed by atoms with Crippen molar-refractivity contribution in [3.63, 3.8) is 0 Å². The van der Waals surface area contributed by atoms with Gasteiger partial charge in [-0.1, -0.05) is 0 Å². The second-order valence-electron chi connectivity index (χ2n) is 4.67. The molecule has 0 bridgehead atoms. The van der Waals surface area contributed by atoms with Gasteiger partial charge in [0.05, 0.1) is 11.8 Å². The van der Waals surface area contributed by atoms with Gasteiger partial charge in [0, 0.05) is 24.1 Å². The summed E-state index contributed by atoms with van der Waals surface area (Å²) >= 11 is 0. The molecule has 20 heavy (non-hydrogen) atoms. The Kier molecular flexibility index (Phi) is 3.30. The number of nitriles is 1. The van der Waals surface area contributed by atoms with Gasteiger partial charge in [-0.05, 0) is 25.1 Å². The molecular weight excluding hydrogens is 254 g/mol. The van der Waals surface area contributed by atoms with Crippen molar-refractivity contribution in [2.75, 3.05) is 13.2 Å². The summed E-state index contributed by atoms with van der Waals surface area (Å²) in [6.07, 6.45) is 1.11. The van der Waals surface area contributed by atoms with Crippen LogP contribution < -0.4 is 9.47 Å². The number of imidazole rings is 1. The van der Waals surface area contributed by atoms with Crippen LogP contribution in [0.3, 0.4) is 0 Å². The van der Waals surface area contributed by atoms with E-state index in [1.54, 1.807) is 0 Å². The van der Waals surface area contributed by atoms with Crippen LogP contribution >= 0.6 is 0 Å². The Labute approximate surface area is 117 Å². The summed E-state index contributed by atoms with van der Waals surface area (Å²) in [6.45, 7) is 3.14. The number of aromatic nitrogens is 2. The lowest BCUT2D eigenvalue weighted by Gasteiger charge is -2.18. The summed E-state index contributed by atoms with van der Waals surface area (Å²) in [5, 5.41) is 8.63. The molecule has 0 saturated heterocycles. The largest absolute Gasteiger partial charge is 0.486 e. The van der Waals surface area contributed by atoms with Crippen molar-refractivity contribution >= 4 is 0 Å². The number of hydrogen-bond acceptors (Lipinski definition) is 4. The van der Waals surface area contributed by atoms with E-state index >= 15 is 0 Å². The highest BCUT2D eigenvalue weighted by Crippen LogP contribution is 2.34. The highest BCUT2D eigenvalue weighted by molar-refractivity contribution is 5.66. The summed E-state index contributed by atoms with van der Waals surface area (Å²) in [5.74, 6) is 2.38. The Hall–Kier alpha value is -2.48. The van der Waals surface area contributed by atoms with Crippen LogP contribution in [0.1, 0.15) is 17.9 Å². The maximum absolute atomic E-state index is 8.63. The minimum absolute atomic E-state index is 0.466. The molecule has 1 aliphatic rings. The zero-order valence-electron chi connectivity index (χ0n) is 11.3. The predicted molar refractivity (Wildman–Crippen MR) is 73.7 cm³/mol. The second kappa shape index (κ2) is 5.25. The molecule has 0 fully saturated rings. The number of fused-ring (bicyclic) bond motifs is 1. The molecule has 0 aliphatic carbocycles. The van der Waals surface area contributed by atoms with Gasteiger partial charge in [0.2, 0.25) is 0 Å². The quantitative estimate of drug-likeness (QED) is 0.929. The molecule has 1 aromatic carbocycles. The first kappa shape index (κ1) is 12.5. The van der Waals surface area contributed by atoms with Crippen LogP contribution in [0.5, 0.6) is 11.5 Å². The minimum atomic E-state index is 0.466. The third-order valence-corrected chi connectivity index (χ3v) is 3.22. The average molecular weight is 269 g/mol. The minimum Gasteiger partial charge on any atom is -0.486 e. The van der Waals surface area contributed by atoms with Crippen LogP contribution in [0.4, 0.5) is 0 Å². The first-order chi connectivity index (χ1) is 9.78. The molecule has 2 aromatic rings.